The highest BCUT2D eigenvalue weighted by molar-refractivity contribution is 6.10. The van der Waals surface area contributed by atoms with E-state index in [1.807, 2.05) is 0 Å². The van der Waals surface area contributed by atoms with Gasteiger partial charge in [0.05, 0.1) is 24.6 Å². The Morgan fingerprint density at radius 3 is 1.35 bits per heavy atom. The summed E-state index contributed by atoms with van der Waals surface area (Å²) < 4.78 is 11.3. The molecule has 0 spiro atoms. The fraction of sp³-hybridized carbons (Fsp3) is 0.286. The van der Waals surface area contributed by atoms with Crippen molar-refractivity contribution in [1.29, 1.82) is 0 Å². The van der Waals surface area contributed by atoms with E-state index in [0.717, 1.165) is 37.2 Å². The van der Waals surface area contributed by atoms with Crippen LogP contribution < -0.4 is 20.1 Å². The largest absolute Gasteiger partial charge is 0.494 e. The van der Waals surface area contributed by atoms with Crippen LogP contribution in [0.4, 0.5) is 11.4 Å². The molecular formula is C28H32N2O4. The van der Waals surface area contributed by atoms with E-state index in [2.05, 4.69) is 24.5 Å². The van der Waals surface area contributed by atoms with Crippen molar-refractivity contribution in [3.63, 3.8) is 0 Å². The van der Waals surface area contributed by atoms with Gasteiger partial charge in [0.2, 0.25) is 0 Å². The molecule has 0 aliphatic heterocycles. The fourth-order valence-electron chi connectivity index (χ4n) is 3.16. The molecule has 2 amide bonds. The lowest BCUT2D eigenvalue weighted by Gasteiger charge is -2.13. The summed E-state index contributed by atoms with van der Waals surface area (Å²) in [4.78, 5) is 25.5. The van der Waals surface area contributed by atoms with Gasteiger partial charge in [0, 0.05) is 11.1 Å². The molecule has 0 aliphatic carbocycles. The Morgan fingerprint density at radius 1 is 0.618 bits per heavy atom. The number of hydrogen-bond donors (Lipinski definition) is 2. The SMILES string of the molecule is CCCCOc1ccc(C(=O)Nc2ccccc2NC(=O)c2ccc(OCCCC)cc2)cc1. The van der Waals surface area contributed by atoms with E-state index >= 15 is 0 Å². The third-order valence-electron chi connectivity index (χ3n) is 5.19. The highest BCUT2D eigenvalue weighted by atomic mass is 16.5. The number of para-hydroxylation sites is 2. The second-order valence-electron chi connectivity index (χ2n) is 7.91. The summed E-state index contributed by atoms with van der Waals surface area (Å²) in [6.45, 7) is 5.53. The molecule has 0 saturated heterocycles. The summed E-state index contributed by atoms with van der Waals surface area (Å²) in [7, 11) is 0. The molecule has 0 fully saturated rings. The lowest BCUT2D eigenvalue weighted by atomic mass is 10.1. The van der Waals surface area contributed by atoms with Gasteiger partial charge in [0.15, 0.2) is 0 Å². The maximum atomic E-state index is 12.8. The molecule has 3 aromatic carbocycles. The number of ether oxygens (including phenoxy) is 2. The minimum absolute atomic E-state index is 0.268. The zero-order chi connectivity index (χ0) is 24.2. The number of hydrogen-bond acceptors (Lipinski definition) is 4. The Hall–Kier alpha value is -3.80. The number of nitrogens with one attached hydrogen (secondary N) is 2. The molecule has 0 radical (unpaired) electrons. The van der Waals surface area contributed by atoms with Crippen molar-refractivity contribution in [2.75, 3.05) is 23.8 Å². The predicted molar refractivity (Wildman–Crippen MR) is 136 cm³/mol. The molecule has 3 rings (SSSR count). The molecule has 0 bridgehead atoms. The summed E-state index contributed by atoms with van der Waals surface area (Å²) in [6, 6.07) is 21.1. The number of carbonyl (C=O) groups is 2. The zero-order valence-corrected chi connectivity index (χ0v) is 19.8. The molecule has 178 valence electrons. The molecule has 0 unspecified atom stereocenters. The fourth-order valence-corrected chi connectivity index (χ4v) is 3.16. The molecule has 0 saturated carbocycles. The quantitative estimate of drug-likeness (QED) is 0.301. The summed E-state index contributed by atoms with van der Waals surface area (Å²) >= 11 is 0. The number of benzene rings is 3. The van der Waals surface area contributed by atoms with Crippen LogP contribution in [0.2, 0.25) is 0 Å². The average Bonchev–Trinajstić information content (AvgIpc) is 2.86. The van der Waals surface area contributed by atoms with E-state index in [-0.39, 0.29) is 11.8 Å². The second kappa shape index (κ2) is 13.0. The number of anilines is 2. The van der Waals surface area contributed by atoms with Crippen molar-refractivity contribution < 1.29 is 19.1 Å². The number of rotatable bonds is 12. The minimum Gasteiger partial charge on any atom is -0.494 e. The molecule has 34 heavy (non-hydrogen) atoms. The normalized spacial score (nSPS) is 10.4. The molecule has 3 aromatic rings. The van der Waals surface area contributed by atoms with Gasteiger partial charge < -0.3 is 20.1 Å². The summed E-state index contributed by atoms with van der Waals surface area (Å²) in [5, 5.41) is 5.76. The van der Waals surface area contributed by atoms with Crippen molar-refractivity contribution in [2.24, 2.45) is 0 Å². The van der Waals surface area contributed by atoms with E-state index in [1.165, 1.54) is 0 Å². The maximum Gasteiger partial charge on any atom is 0.255 e. The van der Waals surface area contributed by atoms with Crippen LogP contribution in [0, 0.1) is 0 Å². The lowest BCUT2D eigenvalue weighted by Crippen LogP contribution is -2.16. The average molecular weight is 461 g/mol. The molecular weight excluding hydrogens is 428 g/mol. The van der Waals surface area contributed by atoms with Gasteiger partial charge in [-0.15, -0.1) is 0 Å². The summed E-state index contributed by atoms with van der Waals surface area (Å²) in [6.07, 6.45) is 4.10. The van der Waals surface area contributed by atoms with Crippen LogP contribution in [0.3, 0.4) is 0 Å². The van der Waals surface area contributed by atoms with Crippen LogP contribution in [-0.4, -0.2) is 25.0 Å². The Balaban J connectivity index is 1.62. The minimum atomic E-state index is -0.268. The maximum absolute atomic E-state index is 12.8. The van der Waals surface area contributed by atoms with E-state index < -0.39 is 0 Å². The highest BCUT2D eigenvalue weighted by Crippen LogP contribution is 2.23. The van der Waals surface area contributed by atoms with Gasteiger partial charge in [0.25, 0.3) is 11.8 Å². The smallest absolute Gasteiger partial charge is 0.255 e. The third-order valence-corrected chi connectivity index (χ3v) is 5.19. The van der Waals surface area contributed by atoms with Crippen molar-refractivity contribution in [3.8, 4) is 11.5 Å². The van der Waals surface area contributed by atoms with Gasteiger partial charge >= 0.3 is 0 Å². The van der Waals surface area contributed by atoms with E-state index in [9.17, 15) is 9.59 Å². The van der Waals surface area contributed by atoms with Gasteiger partial charge in [-0.05, 0) is 73.5 Å². The Morgan fingerprint density at radius 2 is 1.00 bits per heavy atom. The number of amides is 2. The summed E-state index contributed by atoms with van der Waals surface area (Å²) in [5.74, 6) is 0.935. The van der Waals surface area contributed by atoms with Gasteiger partial charge in [0.1, 0.15) is 11.5 Å². The van der Waals surface area contributed by atoms with Gasteiger partial charge in [-0.1, -0.05) is 38.8 Å². The van der Waals surface area contributed by atoms with E-state index in [1.54, 1.807) is 72.8 Å². The lowest BCUT2D eigenvalue weighted by molar-refractivity contribution is 0.101. The van der Waals surface area contributed by atoms with Crippen molar-refractivity contribution in [3.05, 3.63) is 83.9 Å². The first-order chi connectivity index (χ1) is 16.6. The number of carbonyl (C=O) groups excluding carboxylic acids is 2. The van der Waals surface area contributed by atoms with Crippen molar-refractivity contribution in [1.82, 2.24) is 0 Å². The van der Waals surface area contributed by atoms with Crippen molar-refractivity contribution in [2.45, 2.75) is 39.5 Å². The highest BCUT2D eigenvalue weighted by Gasteiger charge is 2.12. The monoisotopic (exact) mass is 460 g/mol. The molecule has 0 aromatic heterocycles. The predicted octanol–water partition coefficient (Wildman–Crippen LogP) is 6.55. The molecule has 6 nitrogen and oxygen atoms in total. The topological polar surface area (TPSA) is 76.7 Å². The molecule has 0 heterocycles. The van der Waals surface area contributed by atoms with Crippen LogP contribution >= 0.6 is 0 Å². The van der Waals surface area contributed by atoms with Gasteiger partial charge in [-0.2, -0.15) is 0 Å². The van der Waals surface area contributed by atoms with Gasteiger partial charge in [-0.25, -0.2) is 0 Å². The first kappa shape index (κ1) is 24.8. The third kappa shape index (κ3) is 7.37. The van der Waals surface area contributed by atoms with E-state index in [0.29, 0.717) is 35.7 Å². The van der Waals surface area contributed by atoms with Crippen LogP contribution in [0.25, 0.3) is 0 Å². The van der Waals surface area contributed by atoms with Crippen LogP contribution in [-0.2, 0) is 0 Å². The standard InChI is InChI=1S/C28H32N2O4/c1-3-5-19-33-23-15-11-21(12-16-23)27(31)29-25-9-7-8-10-26(25)30-28(32)22-13-17-24(18-14-22)34-20-6-4-2/h7-18H,3-6,19-20H2,1-2H3,(H,29,31)(H,30,32). The Labute approximate surface area is 201 Å². The van der Waals surface area contributed by atoms with Crippen LogP contribution in [0.1, 0.15) is 60.2 Å². The molecule has 6 heteroatoms. The second-order valence-corrected chi connectivity index (χ2v) is 7.91. The first-order valence-electron chi connectivity index (χ1n) is 11.8. The molecule has 2 N–H and O–H groups in total. The van der Waals surface area contributed by atoms with Gasteiger partial charge in [-0.3, -0.25) is 9.59 Å². The van der Waals surface area contributed by atoms with Crippen LogP contribution in [0.15, 0.2) is 72.8 Å². The Kier molecular flexibility index (Phi) is 9.52. The molecule has 0 aliphatic rings. The molecule has 0 atom stereocenters. The first-order valence-corrected chi connectivity index (χ1v) is 11.8. The Bertz CT molecular complexity index is 976. The van der Waals surface area contributed by atoms with Crippen molar-refractivity contribution >= 4 is 23.2 Å². The van der Waals surface area contributed by atoms with E-state index in [4.69, 9.17) is 9.47 Å². The van der Waals surface area contributed by atoms with Crippen LogP contribution in [0.5, 0.6) is 11.5 Å². The number of unbranched alkanes of at least 4 members (excludes halogenated alkanes) is 2. The summed E-state index contributed by atoms with van der Waals surface area (Å²) in [5.41, 5.74) is 2.04. The zero-order valence-electron chi connectivity index (χ0n) is 19.8.